The minimum Gasteiger partial charge on any atom is -0.456 e. The second kappa shape index (κ2) is 14.3. The van der Waals surface area contributed by atoms with Gasteiger partial charge in [-0.1, -0.05) is 133 Å². The van der Waals surface area contributed by atoms with E-state index in [4.69, 9.17) is 14.4 Å². The lowest BCUT2D eigenvalue weighted by atomic mass is 9.97. The molecular formula is C57H36N4OS. The predicted molar refractivity (Wildman–Crippen MR) is 264 cm³/mol. The van der Waals surface area contributed by atoms with Gasteiger partial charge >= 0.3 is 0 Å². The molecule has 1 aliphatic heterocycles. The van der Waals surface area contributed by atoms with Crippen LogP contribution in [0.25, 0.3) is 91.9 Å². The van der Waals surface area contributed by atoms with E-state index in [0.29, 0.717) is 0 Å². The van der Waals surface area contributed by atoms with Crippen molar-refractivity contribution >= 4 is 86.9 Å². The average molecular weight is 825 g/mol. The summed E-state index contributed by atoms with van der Waals surface area (Å²) in [4.78, 5) is 10.5. The lowest BCUT2D eigenvalue weighted by Gasteiger charge is -2.22. The Labute approximate surface area is 366 Å². The standard InChI is InChI=1S/C57H36N4OS/c1-4-13-35(14-5-1)55-58-56(36-15-6-2-7-16-36)60-57(59-55)43-20-12-21-51-54(43)47-34-39(25-29-50(47)62-51)37-23-27-48-44(31-37)45-32-38(24-28-49(45)61(48)41-17-8-3-9-18-41)40-26-30-53-46(33-40)42-19-10-11-22-52(42)63-53/h1-34,57H,(H,58,59,60). The van der Waals surface area contributed by atoms with E-state index < -0.39 is 6.17 Å². The van der Waals surface area contributed by atoms with Crippen LogP contribution in [0, 0.1) is 0 Å². The molecule has 4 heterocycles. The fourth-order valence-corrected chi connectivity index (χ4v) is 10.6. The van der Waals surface area contributed by atoms with Gasteiger partial charge < -0.3 is 14.3 Å². The summed E-state index contributed by atoms with van der Waals surface area (Å²) < 4.78 is 11.6. The number of aromatic nitrogens is 1. The Bertz CT molecular complexity index is 3770. The summed E-state index contributed by atoms with van der Waals surface area (Å²) in [7, 11) is 0. The molecule has 0 unspecified atom stereocenters. The maximum atomic E-state index is 6.56. The van der Waals surface area contributed by atoms with E-state index >= 15 is 0 Å². The number of aliphatic imine (C=N–C) groups is 2. The Hall–Kier alpha value is -8.06. The first kappa shape index (κ1) is 35.7. The molecule has 63 heavy (non-hydrogen) atoms. The average Bonchev–Trinajstić information content (AvgIpc) is 4.03. The van der Waals surface area contributed by atoms with Crippen LogP contribution in [0.2, 0.25) is 0 Å². The molecule has 3 aromatic heterocycles. The third kappa shape index (κ3) is 5.91. The lowest BCUT2D eigenvalue weighted by Crippen LogP contribution is -2.36. The molecular weight excluding hydrogens is 789 g/mol. The van der Waals surface area contributed by atoms with Gasteiger partial charge in [0.05, 0.1) is 11.0 Å². The maximum Gasteiger partial charge on any atom is 0.170 e. The number of benzene rings is 9. The number of furan rings is 1. The molecule has 0 bridgehead atoms. The van der Waals surface area contributed by atoms with E-state index in [0.717, 1.165) is 67.1 Å². The molecule has 0 saturated carbocycles. The van der Waals surface area contributed by atoms with Crippen LogP contribution in [-0.4, -0.2) is 16.2 Å². The van der Waals surface area contributed by atoms with Crippen molar-refractivity contribution in [1.29, 1.82) is 0 Å². The largest absolute Gasteiger partial charge is 0.456 e. The summed E-state index contributed by atoms with van der Waals surface area (Å²) in [5.74, 6) is 1.57. The van der Waals surface area contributed by atoms with Gasteiger partial charge in [0.25, 0.3) is 0 Å². The van der Waals surface area contributed by atoms with Crippen LogP contribution in [0.3, 0.4) is 0 Å². The number of thiophene rings is 1. The molecule has 9 aromatic carbocycles. The first-order valence-electron chi connectivity index (χ1n) is 21.2. The highest BCUT2D eigenvalue weighted by Gasteiger charge is 2.24. The van der Waals surface area contributed by atoms with Crippen LogP contribution in [0.15, 0.2) is 221 Å². The van der Waals surface area contributed by atoms with E-state index in [1.807, 2.05) is 59.9 Å². The highest BCUT2D eigenvalue weighted by Crippen LogP contribution is 2.42. The Morgan fingerprint density at radius 3 is 1.62 bits per heavy atom. The summed E-state index contributed by atoms with van der Waals surface area (Å²) >= 11 is 1.86. The minimum absolute atomic E-state index is 0.487. The fourth-order valence-electron chi connectivity index (χ4n) is 9.47. The van der Waals surface area contributed by atoms with E-state index in [9.17, 15) is 0 Å². The SMILES string of the molecule is c1ccc(C2=NC(c3cccc4oc5ccc(-c6ccc7c(c6)c6cc(-c8ccc9sc%10ccccc%10c9c8)ccc6n7-c6ccccc6)cc5c34)N=C(c3ccccc3)N2)cc1. The van der Waals surface area contributed by atoms with Crippen LogP contribution in [0.4, 0.5) is 0 Å². The van der Waals surface area contributed by atoms with Crippen molar-refractivity contribution in [2.24, 2.45) is 9.98 Å². The van der Waals surface area contributed by atoms with Crippen LogP contribution in [0.1, 0.15) is 22.9 Å². The number of hydrogen-bond donors (Lipinski definition) is 1. The molecule has 0 fully saturated rings. The lowest BCUT2D eigenvalue weighted by molar-refractivity contribution is 0.667. The van der Waals surface area contributed by atoms with Gasteiger partial charge in [-0.2, -0.15) is 0 Å². The summed E-state index contributed by atoms with van der Waals surface area (Å²) in [6.07, 6.45) is -0.487. The number of nitrogens with zero attached hydrogens (tertiary/aromatic N) is 3. The zero-order valence-electron chi connectivity index (χ0n) is 33.9. The van der Waals surface area contributed by atoms with Crippen LogP contribution < -0.4 is 5.32 Å². The van der Waals surface area contributed by atoms with Gasteiger partial charge in [0.15, 0.2) is 6.17 Å². The van der Waals surface area contributed by atoms with Gasteiger partial charge in [-0.15, -0.1) is 11.3 Å². The highest BCUT2D eigenvalue weighted by atomic mass is 32.1. The van der Waals surface area contributed by atoms with Gasteiger partial charge in [-0.3, -0.25) is 0 Å². The monoisotopic (exact) mass is 824 g/mol. The van der Waals surface area contributed by atoms with E-state index in [1.54, 1.807) is 0 Å². The Kier molecular flexibility index (Phi) is 8.08. The van der Waals surface area contributed by atoms with Crippen molar-refractivity contribution in [3.63, 3.8) is 0 Å². The van der Waals surface area contributed by atoms with Crippen LogP contribution in [-0.2, 0) is 0 Å². The molecule has 0 saturated heterocycles. The summed E-state index contributed by atoms with van der Waals surface area (Å²) in [6.45, 7) is 0. The van der Waals surface area contributed by atoms with E-state index in [2.05, 4.69) is 168 Å². The maximum absolute atomic E-state index is 6.56. The molecule has 6 heteroatoms. The van der Waals surface area contributed by atoms with Crippen molar-refractivity contribution in [2.45, 2.75) is 6.17 Å². The quantitative estimate of drug-likeness (QED) is 0.182. The van der Waals surface area contributed by atoms with Gasteiger partial charge in [-0.25, -0.2) is 9.98 Å². The molecule has 13 rings (SSSR count). The molecule has 0 radical (unpaired) electrons. The third-order valence-electron chi connectivity index (χ3n) is 12.5. The number of hydrogen-bond acceptors (Lipinski definition) is 5. The smallest absolute Gasteiger partial charge is 0.170 e. The second-order valence-corrected chi connectivity index (χ2v) is 17.2. The topological polar surface area (TPSA) is 54.8 Å². The van der Waals surface area contributed by atoms with Crippen molar-refractivity contribution in [3.8, 4) is 27.9 Å². The molecule has 12 aromatic rings. The van der Waals surface area contributed by atoms with E-state index in [1.165, 1.54) is 53.1 Å². The first-order chi connectivity index (χ1) is 31.2. The Balaban J connectivity index is 0.970. The van der Waals surface area contributed by atoms with Crippen LogP contribution >= 0.6 is 11.3 Å². The van der Waals surface area contributed by atoms with Gasteiger partial charge in [0.2, 0.25) is 0 Å². The molecule has 296 valence electrons. The van der Waals surface area contributed by atoms with E-state index in [-0.39, 0.29) is 0 Å². The van der Waals surface area contributed by atoms with Gasteiger partial charge in [-0.05, 0) is 95.1 Å². The minimum atomic E-state index is -0.487. The normalized spacial score (nSPS) is 13.3. The number of rotatable bonds is 6. The molecule has 5 nitrogen and oxygen atoms in total. The van der Waals surface area contributed by atoms with Crippen molar-refractivity contribution in [1.82, 2.24) is 9.88 Å². The first-order valence-corrected chi connectivity index (χ1v) is 22.1. The number of fused-ring (bicyclic) bond motifs is 9. The predicted octanol–water partition coefficient (Wildman–Crippen LogP) is 14.9. The zero-order valence-corrected chi connectivity index (χ0v) is 34.7. The second-order valence-electron chi connectivity index (χ2n) is 16.2. The van der Waals surface area contributed by atoms with Crippen molar-refractivity contribution < 1.29 is 4.42 Å². The zero-order chi connectivity index (χ0) is 41.4. The summed E-state index contributed by atoms with van der Waals surface area (Å²) in [5, 5.41) is 10.6. The Morgan fingerprint density at radius 2 is 0.952 bits per heavy atom. The summed E-state index contributed by atoms with van der Waals surface area (Å²) in [5.41, 5.74) is 12.8. The number of amidine groups is 2. The molecule has 1 N–H and O–H groups in total. The highest BCUT2D eigenvalue weighted by molar-refractivity contribution is 7.25. The number of para-hydroxylation sites is 1. The molecule has 1 aliphatic rings. The van der Waals surface area contributed by atoms with Crippen molar-refractivity contribution in [3.05, 3.63) is 223 Å². The third-order valence-corrected chi connectivity index (χ3v) is 13.6. The van der Waals surface area contributed by atoms with Crippen LogP contribution in [0.5, 0.6) is 0 Å². The van der Waals surface area contributed by atoms with Crippen molar-refractivity contribution in [2.75, 3.05) is 0 Å². The fraction of sp³-hybridized carbons (Fsp3) is 0.0175. The molecule has 0 atom stereocenters. The van der Waals surface area contributed by atoms with Gasteiger partial charge in [0.1, 0.15) is 22.8 Å². The number of nitrogens with one attached hydrogen (secondary N) is 1. The van der Waals surface area contributed by atoms with Gasteiger partial charge in [0, 0.05) is 64.1 Å². The molecule has 0 amide bonds. The Morgan fingerprint density at radius 1 is 0.413 bits per heavy atom. The summed E-state index contributed by atoms with van der Waals surface area (Å²) in [6, 6.07) is 73.4. The molecule has 0 spiro atoms. The molecule has 0 aliphatic carbocycles.